The highest BCUT2D eigenvalue weighted by atomic mass is 15.2. The van der Waals surface area contributed by atoms with E-state index < -0.39 is 0 Å². The lowest BCUT2D eigenvalue weighted by molar-refractivity contribution is 0.301. The zero-order valence-electron chi connectivity index (χ0n) is 14.5. The van der Waals surface area contributed by atoms with Crippen molar-refractivity contribution in [3.8, 4) is 0 Å². The summed E-state index contributed by atoms with van der Waals surface area (Å²) < 4.78 is 0. The number of rotatable bonds is 6. The molecule has 21 heavy (non-hydrogen) atoms. The molecule has 1 aliphatic rings. The molecule has 0 spiro atoms. The first-order chi connectivity index (χ1) is 9.99. The van der Waals surface area contributed by atoms with Gasteiger partial charge in [0.2, 0.25) is 0 Å². The van der Waals surface area contributed by atoms with Crippen molar-refractivity contribution in [3.05, 3.63) is 29.3 Å². The Kier molecular flexibility index (Phi) is 5.32. The number of hydrogen-bond donors (Lipinski definition) is 1. The van der Waals surface area contributed by atoms with E-state index >= 15 is 0 Å². The molecule has 1 saturated heterocycles. The van der Waals surface area contributed by atoms with E-state index in [1.54, 1.807) is 0 Å². The van der Waals surface area contributed by atoms with Crippen LogP contribution in [0.1, 0.15) is 58.1 Å². The summed E-state index contributed by atoms with van der Waals surface area (Å²) in [6.07, 6.45) is 3.95. The van der Waals surface area contributed by atoms with Gasteiger partial charge >= 0.3 is 0 Å². The van der Waals surface area contributed by atoms with Gasteiger partial charge in [-0.15, -0.1) is 0 Å². The molecule has 1 heterocycles. The Balaban J connectivity index is 2.08. The molecule has 0 bridgehead atoms. The van der Waals surface area contributed by atoms with Crippen LogP contribution in [0.5, 0.6) is 0 Å². The first-order valence-electron chi connectivity index (χ1n) is 8.57. The summed E-state index contributed by atoms with van der Waals surface area (Å²) in [5.74, 6) is 0. The summed E-state index contributed by atoms with van der Waals surface area (Å²) in [7, 11) is 0. The van der Waals surface area contributed by atoms with Crippen molar-refractivity contribution in [1.29, 1.82) is 0 Å². The summed E-state index contributed by atoms with van der Waals surface area (Å²) in [4.78, 5) is 2.60. The van der Waals surface area contributed by atoms with Crippen molar-refractivity contribution < 1.29 is 0 Å². The van der Waals surface area contributed by atoms with Crippen LogP contribution in [0.3, 0.4) is 0 Å². The Morgan fingerprint density at radius 2 is 1.95 bits per heavy atom. The van der Waals surface area contributed by atoms with Gasteiger partial charge in [0, 0.05) is 31.4 Å². The van der Waals surface area contributed by atoms with Crippen molar-refractivity contribution >= 4 is 5.69 Å². The van der Waals surface area contributed by atoms with Crippen LogP contribution in [0.2, 0.25) is 0 Å². The van der Waals surface area contributed by atoms with Gasteiger partial charge in [-0.05, 0) is 48.8 Å². The Morgan fingerprint density at radius 3 is 2.48 bits per heavy atom. The highest BCUT2D eigenvalue weighted by Gasteiger charge is 2.35. The highest BCUT2D eigenvalue weighted by molar-refractivity contribution is 5.55. The zero-order valence-corrected chi connectivity index (χ0v) is 14.5. The van der Waals surface area contributed by atoms with E-state index in [9.17, 15) is 0 Å². The third-order valence-corrected chi connectivity index (χ3v) is 5.25. The van der Waals surface area contributed by atoms with Gasteiger partial charge in [0.15, 0.2) is 0 Å². The van der Waals surface area contributed by atoms with Crippen LogP contribution < -0.4 is 10.2 Å². The number of anilines is 1. The minimum atomic E-state index is 0.540. The van der Waals surface area contributed by atoms with E-state index in [1.807, 2.05) is 0 Å². The average molecular weight is 288 g/mol. The van der Waals surface area contributed by atoms with Gasteiger partial charge in [0.25, 0.3) is 0 Å². The molecule has 0 amide bonds. The van der Waals surface area contributed by atoms with Gasteiger partial charge < -0.3 is 10.2 Å². The van der Waals surface area contributed by atoms with E-state index in [-0.39, 0.29) is 0 Å². The molecular formula is C19H32N2. The van der Waals surface area contributed by atoms with Crippen molar-refractivity contribution in [1.82, 2.24) is 5.32 Å². The monoisotopic (exact) mass is 288 g/mol. The fourth-order valence-corrected chi connectivity index (χ4v) is 3.47. The third-order valence-electron chi connectivity index (χ3n) is 5.25. The molecule has 1 fully saturated rings. The first-order valence-corrected chi connectivity index (χ1v) is 8.57. The molecular weight excluding hydrogens is 256 g/mol. The van der Waals surface area contributed by atoms with Gasteiger partial charge in [-0.2, -0.15) is 0 Å². The second-order valence-corrected chi connectivity index (χ2v) is 7.04. The van der Waals surface area contributed by atoms with Crippen LogP contribution in [-0.4, -0.2) is 19.1 Å². The molecule has 1 aromatic rings. The van der Waals surface area contributed by atoms with E-state index in [0.717, 1.165) is 6.54 Å². The van der Waals surface area contributed by atoms with Crippen molar-refractivity contribution in [2.45, 2.75) is 66.5 Å². The van der Waals surface area contributed by atoms with Crippen molar-refractivity contribution in [2.24, 2.45) is 5.41 Å². The van der Waals surface area contributed by atoms with Crippen LogP contribution in [0.15, 0.2) is 18.2 Å². The molecule has 0 radical (unpaired) electrons. The lowest BCUT2D eigenvalue weighted by Crippen LogP contribution is -2.26. The Hall–Kier alpha value is -1.02. The van der Waals surface area contributed by atoms with Gasteiger partial charge in [-0.3, -0.25) is 0 Å². The fourth-order valence-electron chi connectivity index (χ4n) is 3.47. The van der Waals surface area contributed by atoms with Crippen molar-refractivity contribution in [3.63, 3.8) is 0 Å². The summed E-state index contributed by atoms with van der Waals surface area (Å²) >= 11 is 0. The van der Waals surface area contributed by atoms with E-state index in [2.05, 4.69) is 63.0 Å². The first kappa shape index (κ1) is 16.4. The largest absolute Gasteiger partial charge is 0.371 e. The van der Waals surface area contributed by atoms with Gasteiger partial charge in [0.1, 0.15) is 0 Å². The molecule has 0 atom stereocenters. The second-order valence-electron chi connectivity index (χ2n) is 7.04. The molecule has 0 saturated carbocycles. The van der Waals surface area contributed by atoms with Crippen molar-refractivity contribution in [2.75, 3.05) is 18.0 Å². The number of nitrogens with zero attached hydrogens (tertiary/aromatic N) is 1. The standard InChI is InChI=1S/C19H32N2/c1-6-19(7-2)10-11-21(14-19)18-9-8-17(12-16(18)5)13-20-15(3)4/h8-9,12,15,20H,6-7,10-11,13-14H2,1-5H3. The molecule has 118 valence electrons. The predicted molar refractivity (Wildman–Crippen MR) is 93.0 cm³/mol. The highest BCUT2D eigenvalue weighted by Crippen LogP contribution is 2.39. The van der Waals surface area contributed by atoms with Crippen LogP contribution in [0.4, 0.5) is 5.69 Å². The molecule has 2 nitrogen and oxygen atoms in total. The summed E-state index contributed by atoms with van der Waals surface area (Å²) in [6.45, 7) is 14.7. The Morgan fingerprint density at radius 1 is 1.24 bits per heavy atom. The SMILES string of the molecule is CCC1(CC)CCN(c2ccc(CNC(C)C)cc2C)C1. The third kappa shape index (κ3) is 3.79. The normalized spacial score (nSPS) is 17.7. The van der Waals surface area contributed by atoms with Crippen LogP contribution in [-0.2, 0) is 6.54 Å². The van der Waals surface area contributed by atoms with E-state index in [4.69, 9.17) is 0 Å². The molecule has 0 aromatic heterocycles. The lowest BCUT2D eigenvalue weighted by atomic mass is 9.82. The smallest absolute Gasteiger partial charge is 0.0396 e. The van der Waals surface area contributed by atoms with Gasteiger partial charge in [-0.1, -0.05) is 39.8 Å². The molecule has 1 aromatic carbocycles. The summed E-state index contributed by atoms with van der Waals surface area (Å²) in [6, 6.07) is 7.50. The van der Waals surface area contributed by atoms with Gasteiger partial charge in [0.05, 0.1) is 0 Å². The Bertz CT molecular complexity index is 461. The number of benzene rings is 1. The summed E-state index contributed by atoms with van der Waals surface area (Å²) in [5, 5.41) is 3.50. The summed E-state index contributed by atoms with van der Waals surface area (Å²) in [5.41, 5.74) is 4.79. The molecule has 1 N–H and O–H groups in total. The van der Waals surface area contributed by atoms with E-state index in [0.29, 0.717) is 11.5 Å². The minimum Gasteiger partial charge on any atom is -0.371 e. The quantitative estimate of drug-likeness (QED) is 0.828. The topological polar surface area (TPSA) is 15.3 Å². The number of nitrogens with one attached hydrogen (secondary N) is 1. The fraction of sp³-hybridized carbons (Fsp3) is 0.684. The maximum absolute atomic E-state index is 3.50. The van der Waals surface area contributed by atoms with Crippen LogP contribution >= 0.6 is 0 Å². The molecule has 0 aliphatic carbocycles. The minimum absolute atomic E-state index is 0.540. The lowest BCUT2D eigenvalue weighted by Gasteiger charge is -2.28. The Labute approximate surface area is 130 Å². The maximum atomic E-state index is 3.50. The number of aryl methyl sites for hydroxylation is 1. The van der Waals surface area contributed by atoms with Crippen LogP contribution in [0.25, 0.3) is 0 Å². The van der Waals surface area contributed by atoms with Crippen LogP contribution in [0, 0.1) is 12.3 Å². The number of hydrogen-bond acceptors (Lipinski definition) is 2. The predicted octanol–water partition coefficient (Wildman–Crippen LogP) is 4.51. The zero-order chi connectivity index (χ0) is 15.5. The second kappa shape index (κ2) is 6.83. The molecule has 0 unspecified atom stereocenters. The maximum Gasteiger partial charge on any atom is 0.0396 e. The van der Waals surface area contributed by atoms with E-state index in [1.165, 1.54) is 49.2 Å². The van der Waals surface area contributed by atoms with Gasteiger partial charge in [-0.25, -0.2) is 0 Å². The average Bonchev–Trinajstić information content (AvgIpc) is 2.90. The molecule has 2 rings (SSSR count). The molecule has 2 heteroatoms. The molecule has 1 aliphatic heterocycles.